The summed E-state index contributed by atoms with van der Waals surface area (Å²) in [5.41, 5.74) is 0.936. The van der Waals surface area contributed by atoms with Gasteiger partial charge in [-0.15, -0.1) is 11.3 Å². The summed E-state index contributed by atoms with van der Waals surface area (Å²) in [6.07, 6.45) is 0. The van der Waals surface area contributed by atoms with Crippen molar-refractivity contribution < 1.29 is 5.11 Å². The number of fused-ring (bicyclic) bond motifs is 1. The Labute approximate surface area is 68.9 Å². The van der Waals surface area contributed by atoms with Gasteiger partial charge in [-0.25, -0.2) is 0 Å². The zero-order chi connectivity index (χ0) is 7.84. The van der Waals surface area contributed by atoms with Crippen molar-refractivity contribution >= 4 is 21.4 Å². The van der Waals surface area contributed by atoms with Crippen molar-refractivity contribution in [3.8, 4) is 5.75 Å². The SMILES string of the molecule is [CH2]c1ccc2scc(O)c2c1. The van der Waals surface area contributed by atoms with Crippen molar-refractivity contribution in [1.82, 2.24) is 0 Å². The zero-order valence-corrected chi connectivity index (χ0v) is 6.69. The standard InChI is InChI=1S/C9H7OS/c1-6-2-3-9-7(4-6)8(10)5-11-9/h2-5,10H,1H2. The molecule has 0 aliphatic heterocycles. The van der Waals surface area contributed by atoms with E-state index in [2.05, 4.69) is 6.92 Å². The smallest absolute Gasteiger partial charge is 0.134 e. The van der Waals surface area contributed by atoms with Gasteiger partial charge in [0.2, 0.25) is 0 Å². The number of benzene rings is 1. The highest BCUT2D eigenvalue weighted by Crippen LogP contribution is 2.31. The van der Waals surface area contributed by atoms with Gasteiger partial charge in [0.1, 0.15) is 5.75 Å². The van der Waals surface area contributed by atoms with Gasteiger partial charge in [-0.1, -0.05) is 6.07 Å². The van der Waals surface area contributed by atoms with E-state index in [9.17, 15) is 5.11 Å². The normalized spacial score (nSPS) is 10.6. The van der Waals surface area contributed by atoms with E-state index in [1.807, 2.05) is 18.2 Å². The molecule has 2 rings (SSSR count). The summed E-state index contributed by atoms with van der Waals surface area (Å²) in [6, 6.07) is 5.81. The summed E-state index contributed by atoms with van der Waals surface area (Å²) in [5, 5.41) is 12.0. The molecule has 2 aromatic rings. The Balaban J connectivity index is 2.87. The average molecular weight is 163 g/mol. The van der Waals surface area contributed by atoms with E-state index in [-0.39, 0.29) is 0 Å². The van der Waals surface area contributed by atoms with E-state index in [4.69, 9.17) is 0 Å². The molecule has 0 aliphatic rings. The van der Waals surface area contributed by atoms with Crippen LogP contribution in [0.25, 0.3) is 10.1 Å². The van der Waals surface area contributed by atoms with Crippen molar-refractivity contribution in [1.29, 1.82) is 0 Å². The van der Waals surface area contributed by atoms with E-state index < -0.39 is 0 Å². The van der Waals surface area contributed by atoms with Crippen molar-refractivity contribution in [3.63, 3.8) is 0 Å². The van der Waals surface area contributed by atoms with Crippen LogP contribution in [0.5, 0.6) is 5.75 Å². The third kappa shape index (κ3) is 0.994. The molecule has 0 aliphatic carbocycles. The third-order valence-electron chi connectivity index (χ3n) is 1.62. The van der Waals surface area contributed by atoms with Crippen molar-refractivity contribution in [3.05, 3.63) is 36.1 Å². The maximum Gasteiger partial charge on any atom is 0.134 e. The quantitative estimate of drug-likeness (QED) is 0.633. The number of rotatable bonds is 0. The van der Waals surface area contributed by atoms with Crippen LogP contribution in [0.2, 0.25) is 0 Å². The molecule has 0 unspecified atom stereocenters. The van der Waals surface area contributed by atoms with Gasteiger partial charge in [-0.2, -0.15) is 0 Å². The van der Waals surface area contributed by atoms with E-state index in [1.165, 1.54) is 0 Å². The maximum atomic E-state index is 9.32. The van der Waals surface area contributed by atoms with Crippen LogP contribution in [0.1, 0.15) is 5.56 Å². The number of hydrogen-bond donors (Lipinski definition) is 1. The maximum absolute atomic E-state index is 9.32. The molecule has 55 valence electrons. The van der Waals surface area contributed by atoms with Gasteiger partial charge in [0.15, 0.2) is 0 Å². The first kappa shape index (κ1) is 6.68. The van der Waals surface area contributed by atoms with Crippen LogP contribution in [0.4, 0.5) is 0 Å². The van der Waals surface area contributed by atoms with Gasteiger partial charge < -0.3 is 5.11 Å². The fourth-order valence-corrected chi connectivity index (χ4v) is 1.87. The fraction of sp³-hybridized carbons (Fsp3) is 0. The van der Waals surface area contributed by atoms with Crippen molar-refractivity contribution in [2.45, 2.75) is 0 Å². The molecule has 0 atom stereocenters. The van der Waals surface area contributed by atoms with Crippen LogP contribution in [0.3, 0.4) is 0 Å². The van der Waals surface area contributed by atoms with Gasteiger partial charge >= 0.3 is 0 Å². The molecule has 0 bridgehead atoms. The number of aromatic hydroxyl groups is 1. The second kappa shape index (κ2) is 2.24. The Morgan fingerprint density at radius 3 is 3.00 bits per heavy atom. The second-order valence-electron chi connectivity index (χ2n) is 2.45. The second-order valence-corrected chi connectivity index (χ2v) is 3.36. The summed E-state index contributed by atoms with van der Waals surface area (Å²) >= 11 is 1.54. The van der Waals surface area contributed by atoms with E-state index in [0.29, 0.717) is 5.75 Å². The number of thiophene rings is 1. The van der Waals surface area contributed by atoms with E-state index in [1.54, 1.807) is 16.7 Å². The lowest BCUT2D eigenvalue weighted by Gasteiger charge is -1.92. The van der Waals surface area contributed by atoms with E-state index >= 15 is 0 Å². The minimum atomic E-state index is 0.357. The minimum absolute atomic E-state index is 0.357. The molecule has 0 spiro atoms. The van der Waals surface area contributed by atoms with Gasteiger partial charge in [0.25, 0.3) is 0 Å². The molecule has 1 aromatic heterocycles. The Hall–Kier alpha value is -1.02. The largest absolute Gasteiger partial charge is 0.506 e. The average Bonchev–Trinajstić information content (AvgIpc) is 2.33. The topological polar surface area (TPSA) is 20.2 Å². The van der Waals surface area contributed by atoms with Crippen molar-refractivity contribution in [2.75, 3.05) is 0 Å². The molecular formula is C9H7OS. The summed E-state index contributed by atoms with van der Waals surface area (Å²) in [6.45, 7) is 3.78. The molecule has 0 saturated heterocycles. The molecule has 11 heavy (non-hydrogen) atoms. The highest BCUT2D eigenvalue weighted by Gasteiger charge is 2.00. The van der Waals surface area contributed by atoms with Crippen LogP contribution in [-0.4, -0.2) is 5.11 Å². The lowest BCUT2D eigenvalue weighted by Crippen LogP contribution is -1.68. The Kier molecular flexibility index (Phi) is 1.36. The third-order valence-corrected chi connectivity index (χ3v) is 2.57. The molecule has 2 heteroatoms. The first-order valence-electron chi connectivity index (χ1n) is 3.29. The Morgan fingerprint density at radius 2 is 2.18 bits per heavy atom. The van der Waals surface area contributed by atoms with Gasteiger partial charge in [-0.3, -0.25) is 0 Å². The molecular weight excluding hydrogens is 156 g/mol. The van der Waals surface area contributed by atoms with E-state index in [0.717, 1.165) is 15.6 Å². The lowest BCUT2D eigenvalue weighted by atomic mass is 10.2. The first-order valence-corrected chi connectivity index (χ1v) is 4.17. The van der Waals surface area contributed by atoms with Gasteiger partial charge in [-0.05, 0) is 24.6 Å². The summed E-state index contributed by atoms with van der Waals surface area (Å²) in [5.74, 6) is 0.357. The predicted molar refractivity (Wildman–Crippen MR) is 47.9 cm³/mol. The van der Waals surface area contributed by atoms with Gasteiger partial charge in [0.05, 0.1) is 0 Å². The van der Waals surface area contributed by atoms with Crippen LogP contribution in [0, 0.1) is 6.92 Å². The molecule has 1 nitrogen and oxygen atoms in total. The highest BCUT2D eigenvalue weighted by molar-refractivity contribution is 7.17. The predicted octanol–water partition coefficient (Wildman–Crippen LogP) is 2.79. The number of hydrogen-bond acceptors (Lipinski definition) is 2. The fourth-order valence-electron chi connectivity index (χ4n) is 1.06. The molecule has 1 aromatic carbocycles. The molecule has 1 N–H and O–H groups in total. The Morgan fingerprint density at radius 1 is 1.36 bits per heavy atom. The molecule has 0 saturated carbocycles. The summed E-state index contributed by atoms with van der Waals surface area (Å²) < 4.78 is 1.11. The monoisotopic (exact) mass is 163 g/mol. The van der Waals surface area contributed by atoms with Crippen LogP contribution >= 0.6 is 11.3 Å². The summed E-state index contributed by atoms with van der Waals surface area (Å²) in [4.78, 5) is 0. The lowest BCUT2D eigenvalue weighted by molar-refractivity contribution is 0.483. The minimum Gasteiger partial charge on any atom is -0.506 e. The molecule has 1 heterocycles. The zero-order valence-electron chi connectivity index (χ0n) is 5.87. The Bertz CT molecular complexity index is 389. The first-order chi connectivity index (χ1) is 5.27. The van der Waals surface area contributed by atoms with Crippen LogP contribution in [-0.2, 0) is 0 Å². The molecule has 0 fully saturated rings. The molecule has 0 amide bonds. The van der Waals surface area contributed by atoms with Gasteiger partial charge in [0, 0.05) is 15.5 Å². The van der Waals surface area contributed by atoms with Crippen molar-refractivity contribution in [2.24, 2.45) is 0 Å². The van der Waals surface area contributed by atoms with Crippen LogP contribution in [0.15, 0.2) is 23.6 Å². The van der Waals surface area contributed by atoms with Crippen LogP contribution < -0.4 is 0 Å². The highest BCUT2D eigenvalue weighted by atomic mass is 32.1. The summed E-state index contributed by atoms with van der Waals surface area (Å²) in [7, 11) is 0. The molecule has 1 radical (unpaired) electrons.